The Bertz CT molecular complexity index is 614. The van der Waals surface area contributed by atoms with Crippen LogP contribution in [0.4, 0.5) is 0 Å². The van der Waals surface area contributed by atoms with Crippen LogP contribution in [0.1, 0.15) is 13.3 Å². The van der Waals surface area contributed by atoms with Gasteiger partial charge in [0.1, 0.15) is 0 Å². The summed E-state index contributed by atoms with van der Waals surface area (Å²) in [6, 6.07) is 10.4. The van der Waals surface area contributed by atoms with Gasteiger partial charge in [-0.25, -0.2) is 0 Å². The molecule has 0 aromatic heterocycles. The minimum absolute atomic E-state index is 0.166. The molecule has 0 radical (unpaired) electrons. The third kappa shape index (κ3) is 4.74. The fourth-order valence-corrected chi connectivity index (χ4v) is 6.83. The molecule has 1 aliphatic carbocycles. The summed E-state index contributed by atoms with van der Waals surface area (Å²) in [5, 5.41) is -0.341. The number of methoxy groups -OCH3 is 1. The molecule has 0 fully saturated rings. The van der Waals surface area contributed by atoms with Gasteiger partial charge in [-0.2, -0.15) is 0 Å². The third-order valence-corrected chi connectivity index (χ3v) is 7.87. The van der Waals surface area contributed by atoms with Crippen molar-refractivity contribution in [3.05, 3.63) is 42.2 Å². The summed E-state index contributed by atoms with van der Waals surface area (Å²) in [6.07, 6.45) is 2.29. The molecular weight excluding hydrogens is 407 g/mol. The molecule has 0 bridgehead atoms. The van der Waals surface area contributed by atoms with Gasteiger partial charge < -0.3 is 0 Å². The van der Waals surface area contributed by atoms with Gasteiger partial charge in [-0.15, -0.1) is 0 Å². The van der Waals surface area contributed by atoms with Crippen LogP contribution in [-0.4, -0.2) is 41.7 Å². The van der Waals surface area contributed by atoms with Crippen molar-refractivity contribution in [1.29, 1.82) is 0 Å². The Morgan fingerprint density at radius 1 is 1.29 bits per heavy atom. The number of benzene rings is 1. The number of rotatable bonds is 6. The van der Waals surface area contributed by atoms with Gasteiger partial charge in [0, 0.05) is 0 Å². The quantitative estimate of drug-likeness (QED) is 0.508. The van der Waals surface area contributed by atoms with Crippen molar-refractivity contribution in [3.8, 4) is 0 Å². The van der Waals surface area contributed by atoms with Gasteiger partial charge in [0.05, 0.1) is 0 Å². The molecule has 0 spiro atoms. The van der Waals surface area contributed by atoms with Crippen molar-refractivity contribution >= 4 is 44.6 Å². The molecule has 0 heterocycles. The normalized spacial score (nSPS) is 27.5. The summed E-state index contributed by atoms with van der Waals surface area (Å²) in [6.45, 7) is 8.40. The van der Waals surface area contributed by atoms with Crippen molar-refractivity contribution in [1.82, 2.24) is 0 Å². The maximum atomic E-state index is 12.1. The molecule has 0 saturated carbocycles. The van der Waals surface area contributed by atoms with Crippen molar-refractivity contribution < 1.29 is 14.0 Å². The summed E-state index contributed by atoms with van der Waals surface area (Å²) >= 11 is 6.11. The van der Waals surface area contributed by atoms with Crippen LogP contribution in [0.2, 0.25) is 24.5 Å². The number of hydrogen-bond acceptors (Lipinski definition) is 3. The van der Waals surface area contributed by atoms with Gasteiger partial charge in [0.15, 0.2) is 0 Å². The molecule has 2 rings (SSSR count). The van der Waals surface area contributed by atoms with Crippen LogP contribution >= 0.6 is 11.6 Å². The van der Waals surface area contributed by atoms with Gasteiger partial charge in [-0.05, 0) is 0 Å². The van der Waals surface area contributed by atoms with E-state index >= 15 is 0 Å². The zero-order valence-corrected chi connectivity index (χ0v) is 18.3. The van der Waals surface area contributed by atoms with E-state index in [0.29, 0.717) is 6.42 Å². The summed E-state index contributed by atoms with van der Waals surface area (Å²) < 4.78 is 13.2. The number of carbonyl (C=O) groups excluding carboxylic acids is 1. The first-order valence-electron chi connectivity index (χ1n) is 8.01. The molecule has 3 nitrogen and oxygen atoms in total. The Hall–Kier alpha value is -0.584. The fraction of sp³-hybridized carbons (Fsp3) is 0.500. The zero-order valence-electron chi connectivity index (χ0n) is 14.8. The summed E-state index contributed by atoms with van der Waals surface area (Å²) in [5.74, 6) is 0.972. The number of carbonyl (C=O) groups is 1. The number of allylic oxidation sites excluding steroid dienone is 1. The third-order valence-electron chi connectivity index (χ3n) is 4.02. The molecule has 6 heteroatoms. The number of ether oxygens (including phenoxy) is 1. The SMILES string of the molecule is COC1C=C(O[Si](C)(C)C)C([Se]c2ccccc2)CC1(C)C(=O)Cl. The standard InChI is InChI=1S/C18H25ClO3SeSi/c1-18(17(19)20)12-15(23-13-9-7-6-8-10-13)14(11-16(18)21-2)22-24(3,4)5/h6-11,15-16H,12H2,1-5H3. The second kappa shape index (κ2) is 7.75. The maximum absolute atomic E-state index is 12.1. The van der Waals surface area contributed by atoms with Crippen molar-refractivity contribution in [3.63, 3.8) is 0 Å². The Morgan fingerprint density at radius 3 is 2.42 bits per heavy atom. The molecule has 132 valence electrons. The van der Waals surface area contributed by atoms with E-state index in [1.165, 1.54) is 4.46 Å². The Morgan fingerprint density at radius 2 is 1.92 bits per heavy atom. The van der Waals surface area contributed by atoms with Crippen LogP contribution in [0.5, 0.6) is 0 Å². The molecule has 0 saturated heterocycles. The Labute approximate surface area is 157 Å². The summed E-state index contributed by atoms with van der Waals surface area (Å²) in [5.41, 5.74) is -0.718. The molecule has 1 aromatic rings. The monoisotopic (exact) mass is 432 g/mol. The molecule has 3 atom stereocenters. The van der Waals surface area contributed by atoms with Crippen LogP contribution < -0.4 is 4.46 Å². The zero-order chi connectivity index (χ0) is 18.0. The molecule has 1 aliphatic rings. The van der Waals surface area contributed by atoms with Crippen LogP contribution in [0.25, 0.3) is 0 Å². The first-order chi connectivity index (χ1) is 11.2. The van der Waals surface area contributed by atoms with Crippen LogP contribution in [0.3, 0.4) is 0 Å². The van der Waals surface area contributed by atoms with Crippen LogP contribution in [-0.2, 0) is 14.0 Å². The van der Waals surface area contributed by atoms with E-state index in [1.54, 1.807) is 7.11 Å². The molecule has 0 amide bonds. The van der Waals surface area contributed by atoms with Crippen LogP contribution in [0, 0.1) is 5.41 Å². The van der Waals surface area contributed by atoms with Crippen LogP contribution in [0.15, 0.2) is 42.2 Å². The Kier molecular flexibility index (Phi) is 6.38. The van der Waals surface area contributed by atoms with E-state index in [4.69, 9.17) is 20.8 Å². The van der Waals surface area contributed by atoms with Gasteiger partial charge in [-0.1, -0.05) is 0 Å². The molecule has 3 unspecified atom stereocenters. The topological polar surface area (TPSA) is 35.5 Å². The van der Waals surface area contributed by atoms with E-state index in [2.05, 4.69) is 31.8 Å². The minimum atomic E-state index is -1.75. The molecular formula is C18H25ClO3SeSi. The molecule has 0 aliphatic heterocycles. The second-order valence-electron chi connectivity index (χ2n) is 7.25. The van der Waals surface area contributed by atoms with E-state index in [0.717, 1.165) is 5.76 Å². The van der Waals surface area contributed by atoms with Gasteiger partial charge in [0.2, 0.25) is 0 Å². The van der Waals surface area contributed by atoms with Crippen molar-refractivity contribution in [2.45, 2.75) is 43.9 Å². The van der Waals surface area contributed by atoms with Gasteiger partial charge >= 0.3 is 157 Å². The molecule has 24 heavy (non-hydrogen) atoms. The predicted molar refractivity (Wildman–Crippen MR) is 102 cm³/mol. The first-order valence-corrected chi connectivity index (χ1v) is 13.6. The van der Waals surface area contributed by atoms with Crippen molar-refractivity contribution in [2.24, 2.45) is 5.41 Å². The number of hydrogen-bond donors (Lipinski definition) is 0. The van der Waals surface area contributed by atoms with E-state index in [1.807, 2.05) is 31.2 Å². The summed E-state index contributed by atoms with van der Waals surface area (Å²) in [7, 11) is -0.132. The molecule has 1 aromatic carbocycles. The van der Waals surface area contributed by atoms with E-state index in [9.17, 15) is 4.79 Å². The first kappa shape index (κ1) is 19.7. The second-order valence-corrected chi connectivity index (χ2v) is 14.7. The van der Waals surface area contributed by atoms with E-state index in [-0.39, 0.29) is 31.1 Å². The molecule has 0 N–H and O–H groups in total. The van der Waals surface area contributed by atoms with Gasteiger partial charge in [-0.3, -0.25) is 0 Å². The summed E-state index contributed by atoms with van der Waals surface area (Å²) in [4.78, 5) is 12.3. The fourth-order valence-electron chi connectivity index (χ4n) is 2.78. The predicted octanol–water partition coefficient (Wildman–Crippen LogP) is 3.73. The van der Waals surface area contributed by atoms with E-state index < -0.39 is 13.7 Å². The average molecular weight is 432 g/mol. The average Bonchev–Trinajstić information content (AvgIpc) is 2.49. The Balaban J connectivity index is 2.37. The van der Waals surface area contributed by atoms with Gasteiger partial charge in [0.25, 0.3) is 0 Å². The number of halogens is 1. The van der Waals surface area contributed by atoms with Crippen molar-refractivity contribution in [2.75, 3.05) is 7.11 Å².